The molecule has 0 aliphatic carbocycles. The fourth-order valence-corrected chi connectivity index (χ4v) is 2.45. The second kappa shape index (κ2) is 5.14. The molecule has 0 saturated carbocycles. The van der Waals surface area contributed by atoms with Crippen LogP contribution in [-0.4, -0.2) is 37.0 Å². The molecule has 1 saturated heterocycles. The van der Waals surface area contributed by atoms with Gasteiger partial charge in [0.15, 0.2) is 0 Å². The van der Waals surface area contributed by atoms with Crippen molar-refractivity contribution in [2.75, 3.05) is 20.1 Å². The van der Waals surface area contributed by atoms with Gasteiger partial charge in [-0.1, -0.05) is 6.07 Å². The third-order valence-electron chi connectivity index (χ3n) is 3.07. The van der Waals surface area contributed by atoms with Gasteiger partial charge in [-0.2, -0.15) is 0 Å². The first-order valence-electron chi connectivity index (χ1n) is 5.54. The molecular formula is C12H14BrFN2O. The number of amides is 1. The van der Waals surface area contributed by atoms with E-state index in [0.717, 1.165) is 6.42 Å². The Labute approximate surface area is 108 Å². The topological polar surface area (TPSA) is 32.3 Å². The van der Waals surface area contributed by atoms with Crippen LogP contribution in [0.2, 0.25) is 0 Å². The maximum absolute atomic E-state index is 13.3. The Bertz CT molecular complexity index is 439. The van der Waals surface area contributed by atoms with Gasteiger partial charge in [0.2, 0.25) is 0 Å². The van der Waals surface area contributed by atoms with Gasteiger partial charge >= 0.3 is 0 Å². The molecule has 1 aromatic rings. The summed E-state index contributed by atoms with van der Waals surface area (Å²) in [5, 5.41) is 3.15. The van der Waals surface area contributed by atoms with Crippen LogP contribution in [-0.2, 0) is 0 Å². The van der Waals surface area contributed by atoms with Crippen molar-refractivity contribution in [1.29, 1.82) is 0 Å². The quantitative estimate of drug-likeness (QED) is 0.906. The van der Waals surface area contributed by atoms with E-state index in [1.165, 1.54) is 6.07 Å². The summed E-state index contributed by atoms with van der Waals surface area (Å²) in [6, 6.07) is 4.87. The molecule has 1 amide bonds. The number of nitrogens with zero attached hydrogens (tertiary/aromatic N) is 1. The monoisotopic (exact) mass is 300 g/mol. The lowest BCUT2D eigenvalue weighted by atomic mass is 10.2. The number of likely N-dealkylation sites (tertiary alicyclic amines) is 1. The van der Waals surface area contributed by atoms with E-state index in [1.54, 1.807) is 17.0 Å². The van der Waals surface area contributed by atoms with Gasteiger partial charge in [0.05, 0.1) is 10.0 Å². The van der Waals surface area contributed by atoms with Gasteiger partial charge in [0.1, 0.15) is 5.82 Å². The molecule has 1 heterocycles. The van der Waals surface area contributed by atoms with Gasteiger partial charge in [0.25, 0.3) is 5.91 Å². The number of likely N-dealkylation sites (N-methyl/N-ethyl adjacent to an activating group) is 1. The molecule has 1 N–H and O–H groups in total. The number of nitrogens with one attached hydrogen (secondary N) is 1. The minimum absolute atomic E-state index is 0.117. The molecule has 1 fully saturated rings. The Morgan fingerprint density at radius 3 is 3.00 bits per heavy atom. The van der Waals surface area contributed by atoms with E-state index in [9.17, 15) is 9.18 Å². The number of carbonyl (C=O) groups is 1. The normalized spacial score (nSPS) is 19.7. The van der Waals surface area contributed by atoms with Crippen LogP contribution < -0.4 is 5.32 Å². The molecule has 0 radical (unpaired) electrons. The maximum atomic E-state index is 13.3. The van der Waals surface area contributed by atoms with Crippen molar-refractivity contribution in [1.82, 2.24) is 10.2 Å². The molecule has 1 atom stereocenters. The second-order valence-corrected chi connectivity index (χ2v) is 4.92. The highest BCUT2D eigenvalue weighted by Crippen LogP contribution is 2.23. The Morgan fingerprint density at radius 2 is 2.35 bits per heavy atom. The van der Waals surface area contributed by atoms with Crippen LogP contribution in [0, 0.1) is 5.82 Å². The summed E-state index contributed by atoms with van der Waals surface area (Å²) in [6.45, 7) is 1.39. The van der Waals surface area contributed by atoms with E-state index in [2.05, 4.69) is 21.2 Å². The third-order valence-corrected chi connectivity index (χ3v) is 3.87. The SMILES string of the molecule is CNC1CCN(C(=O)c2cccc(F)c2Br)C1. The van der Waals surface area contributed by atoms with Crippen molar-refractivity contribution in [2.45, 2.75) is 12.5 Å². The fraction of sp³-hybridized carbons (Fsp3) is 0.417. The lowest BCUT2D eigenvalue weighted by Crippen LogP contribution is -2.33. The second-order valence-electron chi connectivity index (χ2n) is 4.13. The molecule has 0 spiro atoms. The molecule has 17 heavy (non-hydrogen) atoms. The zero-order chi connectivity index (χ0) is 12.4. The summed E-state index contributed by atoms with van der Waals surface area (Å²) in [4.78, 5) is 13.9. The van der Waals surface area contributed by atoms with Crippen LogP contribution >= 0.6 is 15.9 Å². The van der Waals surface area contributed by atoms with Crippen molar-refractivity contribution in [3.63, 3.8) is 0 Å². The summed E-state index contributed by atoms with van der Waals surface area (Å²) in [7, 11) is 1.89. The first-order valence-corrected chi connectivity index (χ1v) is 6.33. The van der Waals surface area contributed by atoms with E-state index in [4.69, 9.17) is 0 Å². The predicted molar refractivity (Wildman–Crippen MR) is 67.5 cm³/mol. The average molecular weight is 301 g/mol. The van der Waals surface area contributed by atoms with Gasteiger partial charge in [-0.05, 0) is 41.5 Å². The molecule has 1 unspecified atom stereocenters. The highest BCUT2D eigenvalue weighted by Gasteiger charge is 2.27. The Morgan fingerprint density at radius 1 is 1.59 bits per heavy atom. The smallest absolute Gasteiger partial charge is 0.255 e. The Hall–Kier alpha value is -0.940. The highest BCUT2D eigenvalue weighted by molar-refractivity contribution is 9.10. The number of halogens is 2. The summed E-state index contributed by atoms with van der Waals surface area (Å²) in [5.74, 6) is -0.519. The van der Waals surface area contributed by atoms with Crippen molar-refractivity contribution in [2.24, 2.45) is 0 Å². The third kappa shape index (κ3) is 2.50. The summed E-state index contributed by atoms with van der Waals surface area (Å²) in [6.07, 6.45) is 0.940. The number of rotatable bonds is 2. The molecule has 1 aliphatic heterocycles. The van der Waals surface area contributed by atoms with Gasteiger partial charge < -0.3 is 10.2 Å². The van der Waals surface area contributed by atoms with Gasteiger partial charge in [-0.25, -0.2) is 4.39 Å². The summed E-state index contributed by atoms with van der Waals surface area (Å²) >= 11 is 3.12. The Kier molecular flexibility index (Phi) is 3.79. The number of hydrogen-bond acceptors (Lipinski definition) is 2. The molecule has 2 rings (SSSR count). The Balaban J connectivity index is 2.18. The number of carbonyl (C=O) groups excluding carboxylic acids is 1. The van der Waals surface area contributed by atoms with Gasteiger partial charge in [-0.15, -0.1) is 0 Å². The van der Waals surface area contributed by atoms with Crippen molar-refractivity contribution in [3.05, 3.63) is 34.1 Å². The zero-order valence-corrected chi connectivity index (χ0v) is 11.1. The van der Waals surface area contributed by atoms with Crippen molar-refractivity contribution < 1.29 is 9.18 Å². The van der Waals surface area contributed by atoms with E-state index < -0.39 is 5.82 Å². The van der Waals surface area contributed by atoms with Crippen LogP contribution in [0.4, 0.5) is 4.39 Å². The lowest BCUT2D eigenvalue weighted by Gasteiger charge is -2.17. The van der Waals surface area contributed by atoms with Crippen LogP contribution in [0.1, 0.15) is 16.8 Å². The number of hydrogen-bond donors (Lipinski definition) is 1. The minimum atomic E-state index is -0.403. The van der Waals surface area contributed by atoms with E-state index in [1.807, 2.05) is 7.05 Å². The molecule has 3 nitrogen and oxygen atoms in total. The van der Waals surface area contributed by atoms with Crippen LogP contribution in [0.3, 0.4) is 0 Å². The highest BCUT2D eigenvalue weighted by atomic mass is 79.9. The molecule has 92 valence electrons. The van der Waals surface area contributed by atoms with Crippen molar-refractivity contribution >= 4 is 21.8 Å². The van der Waals surface area contributed by atoms with Crippen LogP contribution in [0.25, 0.3) is 0 Å². The molecule has 0 aromatic heterocycles. The van der Waals surface area contributed by atoms with E-state index in [0.29, 0.717) is 24.7 Å². The summed E-state index contributed by atoms with van der Waals surface area (Å²) < 4.78 is 13.6. The first kappa shape index (κ1) is 12.5. The van der Waals surface area contributed by atoms with Crippen LogP contribution in [0.5, 0.6) is 0 Å². The van der Waals surface area contributed by atoms with Gasteiger partial charge in [-0.3, -0.25) is 4.79 Å². The molecule has 0 bridgehead atoms. The van der Waals surface area contributed by atoms with Crippen molar-refractivity contribution in [3.8, 4) is 0 Å². The largest absolute Gasteiger partial charge is 0.337 e. The minimum Gasteiger partial charge on any atom is -0.337 e. The fourth-order valence-electron chi connectivity index (χ4n) is 2.02. The molecular weight excluding hydrogens is 287 g/mol. The average Bonchev–Trinajstić information content (AvgIpc) is 2.80. The first-order chi connectivity index (χ1) is 8.13. The molecule has 5 heteroatoms. The molecule has 1 aliphatic rings. The zero-order valence-electron chi connectivity index (χ0n) is 9.54. The van der Waals surface area contributed by atoms with E-state index in [-0.39, 0.29) is 10.4 Å². The summed E-state index contributed by atoms with van der Waals surface area (Å²) in [5.41, 5.74) is 0.391. The molecule has 1 aromatic carbocycles. The predicted octanol–water partition coefficient (Wildman–Crippen LogP) is 2.02. The van der Waals surface area contributed by atoms with E-state index >= 15 is 0 Å². The maximum Gasteiger partial charge on any atom is 0.255 e. The van der Waals surface area contributed by atoms with Crippen LogP contribution in [0.15, 0.2) is 22.7 Å². The van der Waals surface area contributed by atoms with Gasteiger partial charge in [0, 0.05) is 19.1 Å². The number of benzene rings is 1. The standard InChI is InChI=1S/C12H14BrFN2O/c1-15-8-5-6-16(7-8)12(17)9-3-2-4-10(14)11(9)13/h2-4,8,15H,5-7H2,1H3. The lowest BCUT2D eigenvalue weighted by molar-refractivity contribution is 0.0788.